The molecule has 0 bridgehead atoms. The molecule has 33 heavy (non-hydrogen) atoms. The highest BCUT2D eigenvalue weighted by molar-refractivity contribution is 7.89. The molecule has 4 rings (SSSR count). The van der Waals surface area contributed by atoms with Crippen LogP contribution in [0.2, 0.25) is 0 Å². The van der Waals surface area contributed by atoms with Crippen molar-refractivity contribution < 1.29 is 17.6 Å². The summed E-state index contributed by atoms with van der Waals surface area (Å²) in [4.78, 5) is 15.4. The molecule has 1 saturated heterocycles. The number of hydrogen-bond acceptors (Lipinski definition) is 5. The smallest absolute Gasteiger partial charge is 0.251 e. The largest absolute Gasteiger partial charge is 0.468 e. The summed E-state index contributed by atoms with van der Waals surface area (Å²) in [6.45, 7) is 2.42. The van der Waals surface area contributed by atoms with Crippen LogP contribution in [0.15, 0.2) is 52.0 Å². The number of amides is 1. The van der Waals surface area contributed by atoms with E-state index in [1.165, 1.54) is 29.3 Å². The van der Waals surface area contributed by atoms with E-state index >= 15 is 0 Å². The molecule has 1 amide bonds. The Balaban J connectivity index is 1.40. The molecule has 0 unspecified atom stereocenters. The van der Waals surface area contributed by atoms with E-state index in [2.05, 4.69) is 10.2 Å². The van der Waals surface area contributed by atoms with E-state index in [9.17, 15) is 13.2 Å². The summed E-state index contributed by atoms with van der Waals surface area (Å²) in [6, 6.07) is 10.1. The molecule has 180 valence electrons. The van der Waals surface area contributed by atoms with E-state index in [1.54, 1.807) is 25.4 Å². The van der Waals surface area contributed by atoms with Crippen LogP contribution >= 0.6 is 0 Å². The first kappa shape index (κ1) is 24.0. The second-order valence-corrected chi connectivity index (χ2v) is 11.2. The lowest BCUT2D eigenvalue weighted by Crippen LogP contribution is -2.40. The molecule has 0 spiro atoms. The molecular weight excluding hydrogens is 438 g/mol. The highest BCUT2D eigenvalue weighted by Gasteiger charge is 2.29. The molecule has 0 radical (unpaired) electrons. The Bertz CT molecular complexity index is 993. The second-order valence-electron chi connectivity index (χ2n) is 9.18. The van der Waals surface area contributed by atoms with E-state index in [0.29, 0.717) is 12.1 Å². The Morgan fingerprint density at radius 1 is 1.06 bits per heavy atom. The molecule has 1 saturated carbocycles. The SMILES string of the molecule is CN(C1CCCCC1)S(=O)(=O)c1ccc(C(=O)NC[C@@H](c2ccco2)N2CCCCC2)cc1. The second kappa shape index (κ2) is 10.8. The summed E-state index contributed by atoms with van der Waals surface area (Å²) in [5.74, 6) is 0.637. The lowest BCUT2D eigenvalue weighted by molar-refractivity contribution is 0.0914. The van der Waals surface area contributed by atoms with Gasteiger partial charge in [-0.1, -0.05) is 25.7 Å². The topological polar surface area (TPSA) is 82.9 Å². The van der Waals surface area contributed by atoms with Gasteiger partial charge in [-0.15, -0.1) is 0 Å². The Morgan fingerprint density at radius 2 is 1.73 bits per heavy atom. The highest BCUT2D eigenvalue weighted by atomic mass is 32.2. The minimum absolute atomic E-state index is 0.00644. The third-order valence-corrected chi connectivity index (χ3v) is 8.97. The van der Waals surface area contributed by atoms with Gasteiger partial charge in [0.2, 0.25) is 10.0 Å². The summed E-state index contributed by atoms with van der Waals surface area (Å²) in [5, 5.41) is 3.02. The monoisotopic (exact) mass is 473 g/mol. The van der Waals surface area contributed by atoms with Gasteiger partial charge in [-0.3, -0.25) is 9.69 Å². The summed E-state index contributed by atoms with van der Waals surface area (Å²) >= 11 is 0. The van der Waals surface area contributed by atoms with Gasteiger partial charge < -0.3 is 9.73 Å². The van der Waals surface area contributed by atoms with E-state index in [1.807, 2.05) is 12.1 Å². The lowest BCUT2D eigenvalue weighted by Gasteiger charge is -2.33. The van der Waals surface area contributed by atoms with Crippen LogP contribution in [0.3, 0.4) is 0 Å². The molecule has 1 aliphatic carbocycles. The standard InChI is InChI=1S/C25H35N3O4S/c1-27(21-9-4-2-5-10-21)33(30,31)22-14-12-20(13-15-22)25(29)26-19-23(24-11-8-18-32-24)28-16-6-3-7-17-28/h8,11-15,18,21,23H,2-7,9-10,16-17,19H2,1H3,(H,26,29)/t23-/m0/s1. The average molecular weight is 474 g/mol. The Hall–Kier alpha value is -2.16. The van der Waals surface area contributed by atoms with E-state index < -0.39 is 10.0 Å². The van der Waals surface area contributed by atoms with Gasteiger partial charge in [0, 0.05) is 25.2 Å². The van der Waals surface area contributed by atoms with Crippen molar-refractivity contribution >= 4 is 15.9 Å². The molecule has 1 atom stereocenters. The summed E-state index contributed by atoms with van der Waals surface area (Å²) in [7, 11) is -1.90. The van der Waals surface area contributed by atoms with Crippen LogP contribution in [0.1, 0.15) is 73.5 Å². The van der Waals surface area contributed by atoms with Crippen molar-refractivity contribution in [2.45, 2.75) is 68.3 Å². The van der Waals surface area contributed by atoms with E-state index in [-0.39, 0.29) is 22.9 Å². The molecule has 2 heterocycles. The zero-order valence-electron chi connectivity index (χ0n) is 19.4. The van der Waals surface area contributed by atoms with Gasteiger partial charge in [-0.2, -0.15) is 4.31 Å². The summed E-state index contributed by atoms with van der Waals surface area (Å²) < 4.78 is 33.2. The van der Waals surface area contributed by atoms with Gasteiger partial charge in [0.05, 0.1) is 17.2 Å². The first-order valence-electron chi connectivity index (χ1n) is 12.1. The minimum atomic E-state index is -3.57. The van der Waals surface area contributed by atoms with Crippen LogP contribution in [0.4, 0.5) is 0 Å². The molecule has 1 aromatic heterocycles. The van der Waals surface area contributed by atoms with Crippen molar-refractivity contribution in [3.05, 3.63) is 54.0 Å². The van der Waals surface area contributed by atoms with Crippen molar-refractivity contribution in [2.24, 2.45) is 0 Å². The zero-order valence-corrected chi connectivity index (χ0v) is 20.2. The van der Waals surface area contributed by atoms with Gasteiger partial charge in [-0.05, 0) is 75.2 Å². The van der Waals surface area contributed by atoms with Crippen LogP contribution < -0.4 is 5.32 Å². The van der Waals surface area contributed by atoms with Gasteiger partial charge in [0.15, 0.2) is 0 Å². The number of sulfonamides is 1. The van der Waals surface area contributed by atoms with Crippen LogP contribution in [0.25, 0.3) is 0 Å². The van der Waals surface area contributed by atoms with E-state index in [0.717, 1.165) is 57.4 Å². The maximum atomic E-state index is 13.0. The van der Waals surface area contributed by atoms with Crippen LogP contribution in [-0.4, -0.2) is 56.3 Å². The van der Waals surface area contributed by atoms with Crippen molar-refractivity contribution in [3.63, 3.8) is 0 Å². The number of nitrogens with zero attached hydrogens (tertiary/aromatic N) is 2. The lowest BCUT2D eigenvalue weighted by atomic mass is 9.96. The van der Waals surface area contributed by atoms with Crippen molar-refractivity contribution in [2.75, 3.05) is 26.7 Å². The molecule has 2 fully saturated rings. The predicted octanol–water partition coefficient (Wildman–Crippen LogP) is 4.19. The number of carbonyl (C=O) groups excluding carboxylic acids is 1. The number of hydrogen-bond donors (Lipinski definition) is 1. The number of rotatable bonds is 8. The fourth-order valence-electron chi connectivity index (χ4n) is 5.00. The van der Waals surface area contributed by atoms with Crippen LogP contribution in [0.5, 0.6) is 0 Å². The molecule has 8 heteroatoms. The van der Waals surface area contributed by atoms with Crippen LogP contribution in [-0.2, 0) is 10.0 Å². The van der Waals surface area contributed by atoms with Crippen LogP contribution in [0, 0.1) is 0 Å². The summed E-state index contributed by atoms with van der Waals surface area (Å²) in [6.07, 6.45) is 10.3. The van der Waals surface area contributed by atoms with Gasteiger partial charge in [0.1, 0.15) is 5.76 Å². The normalized spacial score (nSPS) is 19.5. The number of piperidine rings is 1. The van der Waals surface area contributed by atoms with Gasteiger partial charge in [0.25, 0.3) is 5.91 Å². The third kappa shape index (κ3) is 5.67. The zero-order chi connectivity index (χ0) is 23.3. The summed E-state index contributed by atoms with van der Waals surface area (Å²) in [5.41, 5.74) is 0.450. The Labute approximate surface area is 197 Å². The first-order valence-corrected chi connectivity index (χ1v) is 13.5. The van der Waals surface area contributed by atoms with E-state index in [4.69, 9.17) is 4.42 Å². The molecule has 1 aliphatic heterocycles. The molecule has 1 aromatic carbocycles. The highest BCUT2D eigenvalue weighted by Crippen LogP contribution is 2.27. The number of furan rings is 1. The van der Waals surface area contributed by atoms with Crippen molar-refractivity contribution in [1.82, 2.24) is 14.5 Å². The fourth-order valence-corrected chi connectivity index (χ4v) is 6.41. The number of benzene rings is 1. The number of likely N-dealkylation sites (tertiary alicyclic amines) is 1. The molecule has 1 N–H and O–H groups in total. The maximum absolute atomic E-state index is 13.0. The Morgan fingerprint density at radius 3 is 2.36 bits per heavy atom. The third-order valence-electron chi connectivity index (χ3n) is 7.04. The number of nitrogens with one attached hydrogen (secondary N) is 1. The molecule has 7 nitrogen and oxygen atoms in total. The first-order chi connectivity index (χ1) is 16.0. The quantitative estimate of drug-likeness (QED) is 0.622. The fraction of sp³-hybridized carbons (Fsp3) is 0.560. The number of carbonyl (C=O) groups is 1. The molecular formula is C25H35N3O4S. The Kier molecular flexibility index (Phi) is 7.88. The molecule has 2 aromatic rings. The maximum Gasteiger partial charge on any atom is 0.251 e. The predicted molar refractivity (Wildman–Crippen MR) is 127 cm³/mol. The van der Waals surface area contributed by atoms with Crippen molar-refractivity contribution in [3.8, 4) is 0 Å². The van der Waals surface area contributed by atoms with Crippen molar-refractivity contribution in [1.29, 1.82) is 0 Å². The minimum Gasteiger partial charge on any atom is -0.468 e. The molecule has 2 aliphatic rings. The average Bonchev–Trinajstić information content (AvgIpc) is 3.39. The van der Waals surface area contributed by atoms with Gasteiger partial charge in [-0.25, -0.2) is 8.42 Å². The van der Waals surface area contributed by atoms with Gasteiger partial charge >= 0.3 is 0 Å².